The monoisotopic (exact) mass is 755 g/mol. The van der Waals surface area contributed by atoms with Crippen LogP contribution >= 0.6 is 34.8 Å². The van der Waals surface area contributed by atoms with Gasteiger partial charge in [-0.1, -0.05) is 82.9 Å². The van der Waals surface area contributed by atoms with Gasteiger partial charge in [0, 0.05) is 21.5 Å². The van der Waals surface area contributed by atoms with Crippen molar-refractivity contribution in [2.24, 2.45) is 23.7 Å². The molecule has 0 bridgehead atoms. The number of anilines is 2. The number of para-hydroxylation sites is 1. The van der Waals surface area contributed by atoms with E-state index in [1.54, 1.807) is 78.9 Å². The van der Waals surface area contributed by atoms with E-state index in [-0.39, 0.29) is 35.2 Å². The molecule has 0 aromatic heterocycles. The van der Waals surface area contributed by atoms with E-state index < -0.39 is 52.7 Å². The van der Waals surface area contributed by atoms with Gasteiger partial charge in [0.05, 0.1) is 46.7 Å². The van der Waals surface area contributed by atoms with Crippen LogP contribution < -0.4 is 15.1 Å². The highest BCUT2D eigenvalue weighted by Gasteiger charge is 2.70. The molecule has 8 rings (SSSR count). The zero-order valence-corrected chi connectivity index (χ0v) is 30.2. The summed E-state index contributed by atoms with van der Waals surface area (Å²) in [4.78, 5) is 59.9. The van der Waals surface area contributed by atoms with Gasteiger partial charge in [0.25, 0.3) is 11.8 Å². The molecule has 2 heterocycles. The highest BCUT2D eigenvalue weighted by molar-refractivity contribution is 6.36. The van der Waals surface area contributed by atoms with Gasteiger partial charge >= 0.3 is 0 Å². The Morgan fingerprint density at radius 1 is 0.846 bits per heavy atom. The Morgan fingerprint density at radius 3 is 2.29 bits per heavy atom. The first-order valence-electron chi connectivity index (χ1n) is 16.8. The first-order chi connectivity index (χ1) is 25.0. The van der Waals surface area contributed by atoms with Gasteiger partial charge in [-0.15, -0.1) is 0 Å². The number of carbonyl (C=O) groups is 4. The minimum Gasteiger partial charge on any atom is -0.508 e. The average molecular weight is 757 g/mol. The third kappa shape index (κ3) is 4.97. The number of methoxy groups -OCH3 is 1. The van der Waals surface area contributed by atoms with Gasteiger partial charge in [0.2, 0.25) is 11.8 Å². The summed E-state index contributed by atoms with van der Waals surface area (Å²) >= 11 is 19.1. The number of amides is 4. The standard InChI is InChI=1S/C40H32Cl3N3O6/c1-20-7-11-23(18-30(20)42)45-36(48)27-15-14-25-28(34(27)38(45)50)19-29-37(49)46(44-32-16-10-22(41)17-31(32)43)39(51)40(29,21-8-12-24(52-2)13-9-21)35(25)26-5-3-4-6-33(26)47/h3-14,16-18,27-29,34-35,44,47H,15,19H2,1-2H3/t27-,28+,29-,34-,35+,40+/m0/s1. The number of phenolic OH excluding ortho intramolecular Hbond substituents is 1. The largest absolute Gasteiger partial charge is 0.508 e. The first kappa shape index (κ1) is 34.3. The number of fused-ring (bicyclic) bond motifs is 4. The second-order valence-electron chi connectivity index (χ2n) is 13.7. The highest BCUT2D eigenvalue weighted by atomic mass is 35.5. The maximum absolute atomic E-state index is 15.3. The summed E-state index contributed by atoms with van der Waals surface area (Å²) in [6.07, 6.45) is 2.25. The Kier molecular flexibility index (Phi) is 8.36. The molecule has 4 aromatic carbocycles. The minimum atomic E-state index is -1.58. The fourth-order valence-electron chi connectivity index (χ4n) is 8.89. The molecule has 3 fully saturated rings. The predicted molar refractivity (Wildman–Crippen MR) is 197 cm³/mol. The van der Waals surface area contributed by atoms with Crippen LogP contribution in [0.15, 0.2) is 96.6 Å². The van der Waals surface area contributed by atoms with Crippen molar-refractivity contribution in [1.82, 2.24) is 5.01 Å². The molecular weight excluding hydrogens is 725 g/mol. The lowest BCUT2D eigenvalue weighted by Crippen LogP contribution is -2.53. The van der Waals surface area contributed by atoms with Crippen LogP contribution in [0.4, 0.5) is 11.4 Å². The van der Waals surface area contributed by atoms with Crippen LogP contribution in [-0.4, -0.2) is 40.9 Å². The van der Waals surface area contributed by atoms with Gasteiger partial charge in [-0.05, 0) is 85.3 Å². The van der Waals surface area contributed by atoms with Crippen LogP contribution in [0.2, 0.25) is 15.1 Å². The van der Waals surface area contributed by atoms with E-state index in [4.69, 9.17) is 39.5 Å². The number of hydrogen-bond acceptors (Lipinski definition) is 7. The molecule has 9 nitrogen and oxygen atoms in total. The molecular formula is C40H32Cl3N3O6. The number of aryl methyl sites for hydroxylation is 1. The molecule has 6 atom stereocenters. The lowest BCUT2D eigenvalue weighted by atomic mass is 9.49. The quantitative estimate of drug-likeness (QED) is 0.152. The maximum atomic E-state index is 15.3. The van der Waals surface area contributed by atoms with Crippen LogP contribution in [0, 0.1) is 30.6 Å². The number of nitrogens with one attached hydrogen (secondary N) is 1. The molecule has 2 aliphatic carbocycles. The SMILES string of the molecule is COc1ccc([C@@]23C(=O)N(Nc4ccc(Cl)cc4Cl)C(=O)[C@@H]2C[C@@H]2C(=CC[C@@H]4C(=O)N(c5ccc(C)c(Cl)c5)C(=O)[C@@H]42)[C@@H]3c2ccccc2O)cc1. The molecule has 2 N–H and O–H groups in total. The fourth-order valence-corrected chi connectivity index (χ4v) is 9.52. The van der Waals surface area contributed by atoms with Gasteiger partial charge in [-0.2, -0.15) is 5.01 Å². The number of halogens is 3. The third-order valence-electron chi connectivity index (χ3n) is 11.2. The van der Waals surface area contributed by atoms with Gasteiger partial charge < -0.3 is 9.84 Å². The number of hydrazine groups is 1. The van der Waals surface area contributed by atoms with Crippen LogP contribution in [0.25, 0.3) is 0 Å². The van der Waals surface area contributed by atoms with E-state index in [0.717, 1.165) is 10.6 Å². The molecule has 0 spiro atoms. The molecule has 1 saturated carbocycles. The summed E-state index contributed by atoms with van der Waals surface area (Å²) in [6, 6.07) is 23.5. The number of benzene rings is 4. The zero-order valence-electron chi connectivity index (χ0n) is 28.0. The summed E-state index contributed by atoms with van der Waals surface area (Å²) in [5.74, 6) is -5.38. The molecule has 264 valence electrons. The molecule has 0 radical (unpaired) electrons. The number of allylic oxidation sites excluding steroid dienone is 2. The summed E-state index contributed by atoms with van der Waals surface area (Å²) in [6.45, 7) is 1.84. The van der Waals surface area contributed by atoms with Crippen LogP contribution in [0.5, 0.6) is 11.5 Å². The maximum Gasteiger partial charge on any atom is 0.260 e. The Balaban J connectivity index is 1.32. The van der Waals surface area contributed by atoms with E-state index >= 15 is 4.79 Å². The van der Waals surface area contributed by atoms with Gasteiger partial charge in [0.15, 0.2) is 0 Å². The van der Waals surface area contributed by atoms with Crippen LogP contribution in [0.3, 0.4) is 0 Å². The number of carbonyl (C=O) groups excluding carboxylic acids is 4. The summed E-state index contributed by atoms with van der Waals surface area (Å²) < 4.78 is 5.45. The molecule has 2 aliphatic heterocycles. The summed E-state index contributed by atoms with van der Waals surface area (Å²) in [5, 5.41) is 13.5. The number of aromatic hydroxyl groups is 1. The Hall–Kier alpha value is -4.83. The molecule has 2 saturated heterocycles. The van der Waals surface area contributed by atoms with Crippen molar-refractivity contribution in [3.05, 3.63) is 128 Å². The van der Waals surface area contributed by atoms with Crippen molar-refractivity contribution >= 4 is 69.8 Å². The van der Waals surface area contributed by atoms with Crippen molar-refractivity contribution in [3.8, 4) is 11.5 Å². The van der Waals surface area contributed by atoms with E-state index in [2.05, 4.69) is 5.43 Å². The van der Waals surface area contributed by atoms with E-state index in [9.17, 15) is 19.5 Å². The van der Waals surface area contributed by atoms with E-state index in [0.29, 0.717) is 38.2 Å². The van der Waals surface area contributed by atoms with Gasteiger partial charge in [0.1, 0.15) is 11.5 Å². The summed E-state index contributed by atoms with van der Waals surface area (Å²) in [5.41, 5.74) is 4.53. The number of imide groups is 2. The molecule has 52 heavy (non-hydrogen) atoms. The zero-order chi connectivity index (χ0) is 36.6. The Bertz CT molecular complexity index is 2220. The fraction of sp³-hybridized carbons (Fsp3) is 0.250. The minimum absolute atomic E-state index is 0.0695. The van der Waals surface area contributed by atoms with Gasteiger partial charge in [-0.3, -0.25) is 24.6 Å². The molecule has 12 heteroatoms. The second-order valence-corrected chi connectivity index (χ2v) is 15.0. The third-order valence-corrected chi connectivity index (χ3v) is 12.2. The van der Waals surface area contributed by atoms with Crippen molar-refractivity contribution in [3.63, 3.8) is 0 Å². The number of phenols is 1. The topological polar surface area (TPSA) is 116 Å². The van der Waals surface area contributed by atoms with Crippen molar-refractivity contribution < 1.29 is 29.0 Å². The second kappa shape index (κ2) is 12.7. The molecule has 4 aromatic rings. The number of nitrogens with zero attached hydrogens (tertiary/aromatic N) is 2. The summed E-state index contributed by atoms with van der Waals surface area (Å²) in [7, 11) is 1.54. The van der Waals surface area contributed by atoms with E-state index in [1.165, 1.54) is 18.1 Å². The van der Waals surface area contributed by atoms with E-state index in [1.807, 2.05) is 13.0 Å². The Labute approximate surface area is 314 Å². The average Bonchev–Trinajstić information content (AvgIpc) is 3.51. The van der Waals surface area contributed by atoms with Crippen molar-refractivity contribution in [2.75, 3.05) is 17.4 Å². The first-order valence-corrected chi connectivity index (χ1v) is 18.0. The van der Waals surface area contributed by atoms with Crippen LogP contribution in [0.1, 0.15) is 35.4 Å². The number of ether oxygens (including phenoxy) is 1. The molecule has 4 amide bonds. The Morgan fingerprint density at radius 2 is 1.60 bits per heavy atom. The smallest absolute Gasteiger partial charge is 0.260 e. The van der Waals surface area contributed by atoms with Crippen molar-refractivity contribution in [1.29, 1.82) is 0 Å². The predicted octanol–water partition coefficient (Wildman–Crippen LogP) is 7.86. The molecule has 4 aliphatic rings. The molecule has 0 unspecified atom stereocenters. The van der Waals surface area contributed by atoms with Gasteiger partial charge in [-0.25, -0.2) is 4.90 Å². The lowest BCUT2D eigenvalue weighted by Gasteiger charge is -2.50. The normalized spacial score (nSPS) is 26.6. The number of hydrogen-bond donors (Lipinski definition) is 2. The van der Waals surface area contributed by atoms with Crippen molar-refractivity contribution in [2.45, 2.75) is 31.1 Å². The lowest BCUT2D eigenvalue weighted by molar-refractivity contribution is -0.138. The number of rotatable bonds is 6. The van der Waals surface area contributed by atoms with Crippen LogP contribution in [-0.2, 0) is 24.6 Å². The highest BCUT2D eigenvalue weighted by Crippen LogP contribution is 2.65.